The minimum Gasteiger partial charge on any atom is -0.480 e. The highest BCUT2D eigenvalue weighted by Gasteiger charge is 2.43. The number of amides is 1. The van der Waals surface area contributed by atoms with E-state index in [0.717, 1.165) is 10.3 Å². The number of carbonyl (C=O) groups excluding carboxylic acids is 1. The fourth-order valence-electron chi connectivity index (χ4n) is 3.00. The fourth-order valence-corrected chi connectivity index (χ4v) is 3.00. The number of carboxylic acid groups (broad SMARTS) is 1. The van der Waals surface area contributed by atoms with Gasteiger partial charge in [-0.1, -0.05) is 6.07 Å². The number of carboxylic acids is 1. The molecular formula is C19H21FN2O5. The van der Waals surface area contributed by atoms with Gasteiger partial charge in [0.15, 0.2) is 0 Å². The lowest BCUT2D eigenvalue weighted by Gasteiger charge is -2.26. The third-order valence-electron chi connectivity index (χ3n) is 4.15. The molecule has 0 radical (unpaired) electrons. The summed E-state index contributed by atoms with van der Waals surface area (Å²) in [6.07, 6.45) is 0.310. The Bertz CT molecular complexity index is 880. The molecule has 2 unspecified atom stereocenters. The standard InChI is InChI=1S/C19H21FN2O5/c1-19(2,3)27-18(25)22-10-13(9-15(22)17(23)24)26-16-14-8-12(20)5-4-11(14)6-7-21-16/h4-8,13,15H,9-10H2,1-3H3,(H,23,24). The van der Waals surface area contributed by atoms with Gasteiger partial charge in [0, 0.05) is 18.0 Å². The molecule has 144 valence electrons. The maximum absolute atomic E-state index is 13.6. The Morgan fingerprint density at radius 2 is 2.04 bits per heavy atom. The van der Waals surface area contributed by atoms with E-state index in [-0.39, 0.29) is 18.8 Å². The predicted molar refractivity (Wildman–Crippen MR) is 95.1 cm³/mol. The Morgan fingerprint density at radius 3 is 2.70 bits per heavy atom. The molecule has 0 spiro atoms. The summed E-state index contributed by atoms with van der Waals surface area (Å²) in [7, 11) is 0. The van der Waals surface area contributed by atoms with Crippen LogP contribution in [0.4, 0.5) is 9.18 Å². The zero-order valence-electron chi connectivity index (χ0n) is 15.3. The summed E-state index contributed by atoms with van der Waals surface area (Å²) in [6.45, 7) is 5.16. The van der Waals surface area contributed by atoms with E-state index < -0.39 is 35.6 Å². The lowest BCUT2D eigenvalue weighted by Crippen LogP contribution is -2.43. The topological polar surface area (TPSA) is 89.0 Å². The highest BCUT2D eigenvalue weighted by Crippen LogP contribution is 2.29. The van der Waals surface area contributed by atoms with E-state index in [0.29, 0.717) is 5.39 Å². The largest absolute Gasteiger partial charge is 0.480 e. The normalized spacial score (nSPS) is 19.9. The maximum Gasteiger partial charge on any atom is 0.411 e. The summed E-state index contributed by atoms with van der Waals surface area (Å²) in [5, 5.41) is 10.7. The molecule has 1 amide bonds. The molecule has 3 rings (SSSR count). The summed E-state index contributed by atoms with van der Waals surface area (Å²) in [5.41, 5.74) is -0.742. The lowest BCUT2D eigenvalue weighted by atomic mass is 10.1. The highest BCUT2D eigenvalue weighted by atomic mass is 19.1. The van der Waals surface area contributed by atoms with Crippen molar-refractivity contribution in [2.75, 3.05) is 6.54 Å². The number of hydrogen-bond acceptors (Lipinski definition) is 5. The van der Waals surface area contributed by atoms with Gasteiger partial charge < -0.3 is 14.6 Å². The molecule has 7 nitrogen and oxygen atoms in total. The van der Waals surface area contributed by atoms with E-state index in [4.69, 9.17) is 9.47 Å². The summed E-state index contributed by atoms with van der Waals surface area (Å²) in [4.78, 5) is 29.2. The minimum absolute atomic E-state index is 0.0409. The van der Waals surface area contributed by atoms with Crippen LogP contribution in [0, 0.1) is 5.82 Å². The molecule has 1 aliphatic rings. The van der Waals surface area contributed by atoms with Gasteiger partial charge >= 0.3 is 12.1 Å². The Kier molecular flexibility index (Phi) is 4.91. The van der Waals surface area contributed by atoms with Crippen LogP contribution in [0.5, 0.6) is 5.88 Å². The van der Waals surface area contributed by atoms with E-state index >= 15 is 0 Å². The number of hydrogen-bond donors (Lipinski definition) is 1. The number of carbonyl (C=O) groups is 2. The van der Waals surface area contributed by atoms with Crippen LogP contribution in [0.15, 0.2) is 30.5 Å². The molecule has 2 atom stereocenters. The maximum atomic E-state index is 13.6. The Hall–Kier alpha value is -2.90. The van der Waals surface area contributed by atoms with E-state index in [1.807, 2.05) is 0 Å². The first kappa shape index (κ1) is 18.9. The van der Waals surface area contributed by atoms with Gasteiger partial charge in [0.1, 0.15) is 23.6 Å². The molecule has 2 heterocycles. The predicted octanol–water partition coefficient (Wildman–Crippen LogP) is 3.22. The molecular weight excluding hydrogens is 355 g/mol. The van der Waals surface area contributed by atoms with Crippen LogP contribution >= 0.6 is 0 Å². The average Bonchev–Trinajstić information content (AvgIpc) is 2.98. The molecule has 2 aromatic rings. The second kappa shape index (κ2) is 7.02. The third-order valence-corrected chi connectivity index (χ3v) is 4.15. The zero-order chi connectivity index (χ0) is 19.8. The molecule has 1 aliphatic heterocycles. The van der Waals surface area contributed by atoms with Crippen molar-refractivity contribution in [1.82, 2.24) is 9.88 Å². The molecule has 1 fully saturated rings. The third kappa shape index (κ3) is 4.27. The number of aromatic nitrogens is 1. The van der Waals surface area contributed by atoms with Crippen molar-refractivity contribution in [3.8, 4) is 5.88 Å². The number of rotatable bonds is 3. The Balaban J connectivity index is 1.82. The molecule has 1 saturated heterocycles. The van der Waals surface area contributed by atoms with Crippen LogP contribution in [0.1, 0.15) is 27.2 Å². The number of aliphatic carboxylic acids is 1. The van der Waals surface area contributed by atoms with E-state index in [1.54, 1.807) is 32.9 Å². The second-order valence-corrected chi connectivity index (χ2v) is 7.44. The van der Waals surface area contributed by atoms with E-state index in [9.17, 15) is 19.1 Å². The van der Waals surface area contributed by atoms with Crippen LogP contribution in [0.2, 0.25) is 0 Å². The van der Waals surface area contributed by atoms with Crippen molar-refractivity contribution in [1.29, 1.82) is 0 Å². The number of ether oxygens (including phenoxy) is 2. The van der Waals surface area contributed by atoms with Gasteiger partial charge in [-0.05, 0) is 44.4 Å². The van der Waals surface area contributed by atoms with Gasteiger partial charge in [-0.15, -0.1) is 0 Å². The molecule has 0 saturated carbocycles. The first-order valence-corrected chi connectivity index (χ1v) is 8.57. The van der Waals surface area contributed by atoms with Crippen molar-refractivity contribution in [2.24, 2.45) is 0 Å². The fraction of sp³-hybridized carbons (Fsp3) is 0.421. The molecule has 27 heavy (non-hydrogen) atoms. The Labute approximate surface area is 155 Å². The van der Waals surface area contributed by atoms with Crippen LogP contribution in [-0.2, 0) is 9.53 Å². The summed E-state index contributed by atoms with van der Waals surface area (Å²) >= 11 is 0. The van der Waals surface area contributed by atoms with Gasteiger partial charge in [0.25, 0.3) is 0 Å². The second-order valence-electron chi connectivity index (χ2n) is 7.44. The highest BCUT2D eigenvalue weighted by molar-refractivity contribution is 5.86. The number of likely N-dealkylation sites (tertiary alicyclic amines) is 1. The molecule has 1 aromatic carbocycles. The first-order valence-electron chi connectivity index (χ1n) is 8.57. The van der Waals surface area contributed by atoms with Crippen LogP contribution < -0.4 is 4.74 Å². The zero-order valence-corrected chi connectivity index (χ0v) is 15.3. The number of benzene rings is 1. The number of fused-ring (bicyclic) bond motifs is 1. The SMILES string of the molecule is CC(C)(C)OC(=O)N1CC(Oc2nccc3ccc(F)cc23)CC1C(=O)O. The minimum atomic E-state index is -1.14. The molecule has 1 N–H and O–H groups in total. The molecule has 1 aromatic heterocycles. The first-order chi connectivity index (χ1) is 12.6. The number of halogens is 1. The van der Waals surface area contributed by atoms with Crippen molar-refractivity contribution in [3.05, 3.63) is 36.3 Å². The Morgan fingerprint density at radius 1 is 1.30 bits per heavy atom. The van der Waals surface area contributed by atoms with Gasteiger partial charge in [0.2, 0.25) is 5.88 Å². The van der Waals surface area contributed by atoms with Gasteiger partial charge in [-0.25, -0.2) is 19.0 Å². The summed E-state index contributed by atoms with van der Waals surface area (Å²) in [6, 6.07) is 4.93. The van der Waals surface area contributed by atoms with Crippen LogP contribution in [0.25, 0.3) is 10.8 Å². The molecule has 8 heteroatoms. The average molecular weight is 376 g/mol. The summed E-state index contributed by atoms with van der Waals surface area (Å²) < 4.78 is 24.7. The molecule has 0 aliphatic carbocycles. The van der Waals surface area contributed by atoms with Crippen molar-refractivity contribution in [3.63, 3.8) is 0 Å². The summed E-state index contributed by atoms with van der Waals surface area (Å²) in [5.74, 6) is -1.36. The van der Waals surface area contributed by atoms with Crippen molar-refractivity contribution in [2.45, 2.75) is 44.9 Å². The van der Waals surface area contributed by atoms with Crippen molar-refractivity contribution >= 4 is 22.8 Å². The number of pyridine rings is 1. The molecule has 0 bridgehead atoms. The van der Waals surface area contributed by atoms with E-state index in [1.165, 1.54) is 18.3 Å². The van der Waals surface area contributed by atoms with Crippen LogP contribution in [0.3, 0.4) is 0 Å². The lowest BCUT2D eigenvalue weighted by molar-refractivity contribution is -0.142. The van der Waals surface area contributed by atoms with Gasteiger partial charge in [-0.2, -0.15) is 0 Å². The van der Waals surface area contributed by atoms with E-state index in [2.05, 4.69) is 4.98 Å². The quantitative estimate of drug-likeness (QED) is 0.885. The smallest absolute Gasteiger partial charge is 0.411 e. The van der Waals surface area contributed by atoms with Gasteiger partial charge in [0.05, 0.1) is 6.54 Å². The van der Waals surface area contributed by atoms with Crippen molar-refractivity contribution < 1.29 is 28.6 Å². The number of nitrogens with zero attached hydrogens (tertiary/aromatic N) is 2. The van der Waals surface area contributed by atoms with Crippen LogP contribution in [-0.4, -0.2) is 51.3 Å². The van der Waals surface area contributed by atoms with Gasteiger partial charge in [-0.3, -0.25) is 4.90 Å². The monoisotopic (exact) mass is 376 g/mol.